The number of aryl methyl sites for hydroxylation is 1. The molecule has 0 spiro atoms. The number of halogens is 3. The lowest BCUT2D eigenvalue weighted by molar-refractivity contribution is -0.137. The topological polar surface area (TPSA) is 79.4 Å². The summed E-state index contributed by atoms with van der Waals surface area (Å²) in [6.07, 6.45) is -2.33. The van der Waals surface area contributed by atoms with Crippen LogP contribution in [0.3, 0.4) is 0 Å². The molecule has 1 N–H and O–H groups in total. The first kappa shape index (κ1) is 19.1. The van der Waals surface area contributed by atoms with Gasteiger partial charge in [0.25, 0.3) is 0 Å². The molecule has 0 amide bonds. The summed E-state index contributed by atoms with van der Waals surface area (Å²) in [7, 11) is 0. The van der Waals surface area contributed by atoms with Gasteiger partial charge in [-0.25, -0.2) is 9.97 Å². The highest BCUT2D eigenvalue weighted by atomic mass is 32.2. The zero-order valence-corrected chi connectivity index (χ0v) is 15.0. The van der Waals surface area contributed by atoms with Gasteiger partial charge in [-0.2, -0.15) is 23.5 Å². The van der Waals surface area contributed by atoms with Crippen LogP contribution in [0.4, 0.5) is 24.7 Å². The molecular formula is C15H17F3N6S. The Kier molecular flexibility index (Phi) is 5.27. The SMILES string of the molecule is CCSc1ncc(C(F)(F)F)c(Nc2cn(C(C)(C)C#N)nc2C)n1. The van der Waals surface area contributed by atoms with E-state index in [0.29, 0.717) is 17.1 Å². The highest BCUT2D eigenvalue weighted by Crippen LogP contribution is 2.36. The number of hydrogen-bond acceptors (Lipinski definition) is 6. The van der Waals surface area contributed by atoms with Crippen LogP contribution >= 0.6 is 11.8 Å². The molecule has 6 nitrogen and oxygen atoms in total. The molecule has 2 rings (SSSR count). The molecule has 0 bridgehead atoms. The van der Waals surface area contributed by atoms with E-state index >= 15 is 0 Å². The van der Waals surface area contributed by atoms with E-state index in [1.807, 2.05) is 6.92 Å². The van der Waals surface area contributed by atoms with Crippen LogP contribution in [0.25, 0.3) is 0 Å². The molecule has 0 saturated heterocycles. The van der Waals surface area contributed by atoms with E-state index in [0.717, 1.165) is 6.20 Å². The molecule has 0 fully saturated rings. The summed E-state index contributed by atoms with van der Waals surface area (Å²) in [5.74, 6) is 0.300. The van der Waals surface area contributed by atoms with E-state index in [1.165, 1.54) is 22.6 Å². The fourth-order valence-corrected chi connectivity index (χ4v) is 2.46. The van der Waals surface area contributed by atoms with Crippen molar-refractivity contribution in [3.05, 3.63) is 23.7 Å². The molecule has 10 heteroatoms. The summed E-state index contributed by atoms with van der Waals surface area (Å²) in [6, 6.07) is 2.09. The molecule has 0 aliphatic rings. The summed E-state index contributed by atoms with van der Waals surface area (Å²) in [4.78, 5) is 7.72. The normalized spacial score (nSPS) is 12.1. The lowest BCUT2D eigenvalue weighted by atomic mass is 10.1. The van der Waals surface area contributed by atoms with Gasteiger partial charge in [-0.1, -0.05) is 18.7 Å². The van der Waals surface area contributed by atoms with Crippen LogP contribution in [0.1, 0.15) is 32.0 Å². The number of hydrogen-bond donors (Lipinski definition) is 1. The van der Waals surface area contributed by atoms with Gasteiger partial charge in [-0.3, -0.25) is 4.68 Å². The summed E-state index contributed by atoms with van der Waals surface area (Å²) < 4.78 is 41.1. The Morgan fingerprint density at radius 2 is 2.04 bits per heavy atom. The zero-order chi connectivity index (χ0) is 18.8. The number of anilines is 2. The van der Waals surface area contributed by atoms with Crippen LogP contribution in [-0.2, 0) is 11.7 Å². The van der Waals surface area contributed by atoms with Crippen LogP contribution in [0.5, 0.6) is 0 Å². The van der Waals surface area contributed by atoms with E-state index in [1.54, 1.807) is 20.8 Å². The highest BCUT2D eigenvalue weighted by Gasteiger charge is 2.35. The number of thioether (sulfide) groups is 1. The Labute approximate surface area is 147 Å². The Morgan fingerprint density at radius 1 is 1.36 bits per heavy atom. The van der Waals surface area contributed by atoms with Gasteiger partial charge in [-0.15, -0.1) is 0 Å². The van der Waals surface area contributed by atoms with E-state index in [2.05, 4.69) is 26.5 Å². The highest BCUT2D eigenvalue weighted by molar-refractivity contribution is 7.99. The first-order valence-electron chi connectivity index (χ1n) is 7.40. The van der Waals surface area contributed by atoms with Crippen molar-refractivity contribution in [1.29, 1.82) is 5.26 Å². The van der Waals surface area contributed by atoms with Gasteiger partial charge in [0.1, 0.15) is 16.9 Å². The zero-order valence-electron chi connectivity index (χ0n) is 14.1. The monoisotopic (exact) mass is 370 g/mol. The Balaban J connectivity index is 2.46. The van der Waals surface area contributed by atoms with Crippen molar-refractivity contribution in [2.75, 3.05) is 11.1 Å². The second kappa shape index (κ2) is 6.92. The van der Waals surface area contributed by atoms with E-state index in [4.69, 9.17) is 0 Å². The first-order chi connectivity index (χ1) is 11.6. The molecule has 2 aromatic heterocycles. The van der Waals surface area contributed by atoms with Crippen LogP contribution < -0.4 is 5.32 Å². The maximum atomic E-state index is 13.2. The van der Waals surface area contributed by atoms with Crippen molar-refractivity contribution in [1.82, 2.24) is 19.7 Å². The number of nitrogens with one attached hydrogen (secondary N) is 1. The molecule has 0 aliphatic carbocycles. The Morgan fingerprint density at radius 3 is 2.60 bits per heavy atom. The summed E-state index contributed by atoms with van der Waals surface area (Å²) in [6.45, 7) is 6.81. The van der Waals surface area contributed by atoms with Crippen molar-refractivity contribution in [2.45, 2.75) is 44.6 Å². The third kappa shape index (κ3) is 4.22. The third-order valence-corrected chi connectivity index (χ3v) is 4.09. The molecule has 25 heavy (non-hydrogen) atoms. The maximum absolute atomic E-state index is 13.2. The number of nitriles is 1. The van der Waals surface area contributed by atoms with Crippen molar-refractivity contribution < 1.29 is 13.2 Å². The molecule has 0 saturated carbocycles. The minimum atomic E-state index is -4.59. The van der Waals surface area contributed by atoms with Gasteiger partial charge in [0.2, 0.25) is 0 Å². The van der Waals surface area contributed by atoms with Gasteiger partial charge in [0, 0.05) is 6.20 Å². The molecule has 134 valence electrons. The fraction of sp³-hybridized carbons (Fsp3) is 0.467. The van der Waals surface area contributed by atoms with Crippen LogP contribution in [0, 0.1) is 18.3 Å². The fourth-order valence-electron chi connectivity index (χ4n) is 1.91. The number of rotatable bonds is 5. The maximum Gasteiger partial charge on any atom is 0.421 e. The molecule has 2 heterocycles. The first-order valence-corrected chi connectivity index (χ1v) is 8.39. The van der Waals surface area contributed by atoms with Crippen LogP contribution in [-0.4, -0.2) is 25.5 Å². The van der Waals surface area contributed by atoms with E-state index < -0.39 is 17.3 Å². The lowest BCUT2D eigenvalue weighted by Crippen LogP contribution is -2.24. The number of alkyl halides is 3. The average molecular weight is 370 g/mol. The van der Waals surface area contributed by atoms with E-state index in [-0.39, 0.29) is 11.0 Å². The van der Waals surface area contributed by atoms with Crippen molar-refractivity contribution in [3.63, 3.8) is 0 Å². The smallest absolute Gasteiger partial charge is 0.337 e. The second-order valence-electron chi connectivity index (χ2n) is 5.71. The lowest BCUT2D eigenvalue weighted by Gasteiger charge is -2.15. The predicted octanol–water partition coefficient (Wildman–Crippen LogP) is 4.11. The molecule has 0 radical (unpaired) electrons. The van der Waals surface area contributed by atoms with Crippen molar-refractivity contribution in [2.24, 2.45) is 0 Å². The molecule has 0 unspecified atom stereocenters. The minimum absolute atomic E-state index is 0.250. The number of aromatic nitrogens is 4. The summed E-state index contributed by atoms with van der Waals surface area (Å²) >= 11 is 1.24. The van der Waals surface area contributed by atoms with Gasteiger partial charge in [0.15, 0.2) is 5.16 Å². The third-order valence-electron chi connectivity index (χ3n) is 3.34. The quantitative estimate of drug-likeness (QED) is 0.630. The minimum Gasteiger partial charge on any atom is -0.337 e. The van der Waals surface area contributed by atoms with E-state index in [9.17, 15) is 18.4 Å². The van der Waals surface area contributed by atoms with Gasteiger partial charge in [0.05, 0.1) is 23.6 Å². The molecule has 0 aliphatic heterocycles. The molecule has 0 aromatic carbocycles. The van der Waals surface area contributed by atoms with Crippen LogP contribution in [0.15, 0.2) is 17.6 Å². The largest absolute Gasteiger partial charge is 0.421 e. The van der Waals surface area contributed by atoms with Crippen molar-refractivity contribution >= 4 is 23.3 Å². The Hall–Kier alpha value is -2.28. The predicted molar refractivity (Wildman–Crippen MR) is 88.6 cm³/mol. The van der Waals surface area contributed by atoms with Crippen molar-refractivity contribution in [3.8, 4) is 6.07 Å². The van der Waals surface area contributed by atoms with Gasteiger partial charge >= 0.3 is 6.18 Å². The van der Waals surface area contributed by atoms with Crippen LogP contribution in [0.2, 0.25) is 0 Å². The summed E-state index contributed by atoms with van der Waals surface area (Å²) in [5, 5.41) is 16.3. The van der Waals surface area contributed by atoms with Gasteiger partial charge in [-0.05, 0) is 26.5 Å². The standard InChI is InChI=1S/C15H17F3N6S/c1-5-25-13-20-6-10(15(16,17)18)12(22-13)21-11-7-24(23-9(11)2)14(3,4)8-19/h6-7H,5H2,1-4H3,(H,20,21,22). The average Bonchev–Trinajstić information content (AvgIpc) is 2.88. The molecule has 0 atom stereocenters. The van der Waals surface area contributed by atoms with Gasteiger partial charge < -0.3 is 5.32 Å². The second-order valence-corrected chi connectivity index (χ2v) is 6.95. The molecule has 2 aromatic rings. The summed E-state index contributed by atoms with van der Waals surface area (Å²) in [5.41, 5.74) is -1.08. The Bertz CT molecular complexity index is 807. The molecular weight excluding hydrogens is 353 g/mol. The number of nitrogens with zero attached hydrogens (tertiary/aromatic N) is 5.